The number of rotatable bonds is 7. The molecule has 0 spiro atoms. The Morgan fingerprint density at radius 1 is 1.20 bits per heavy atom. The van der Waals surface area contributed by atoms with Crippen LogP contribution in [-0.4, -0.2) is 83.2 Å². The van der Waals surface area contributed by atoms with Crippen molar-refractivity contribution in [1.82, 2.24) is 4.90 Å². The van der Waals surface area contributed by atoms with Crippen molar-refractivity contribution in [3.8, 4) is 0 Å². The largest absolute Gasteiger partial charge is 2.00 e. The van der Waals surface area contributed by atoms with Gasteiger partial charge in [0.25, 0.3) is 0 Å². The summed E-state index contributed by atoms with van der Waals surface area (Å²) in [4.78, 5) is 38.3. The Labute approximate surface area is 222 Å². The number of carboxylic acids is 1. The first-order chi connectivity index (χ1) is 16.0. The van der Waals surface area contributed by atoms with Crippen LogP contribution in [0.15, 0.2) is 65.4 Å². The maximum atomic E-state index is 13.0. The first kappa shape index (κ1) is 18.6. The Balaban J connectivity index is 0.00000432. The minimum atomic E-state index is -1.42. The number of aliphatic carboxylic acids is 1. The van der Waals surface area contributed by atoms with Crippen LogP contribution in [0.5, 0.6) is 0 Å². The number of thioether (sulfide) groups is 2. The SMILES string of the molecule is [2H]c1c([2H])c([2H])c(SC2C[C@@H](C(=O)[O-])N(C(=O)C(C)CSC(=O)c3ccccc3)C2)c([2H])c1[2H].[Ca+2]. The van der Waals surface area contributed by atoms with Crippen molar-refractivity contribution in [2.24, 2.45) is 5.92 Å². The van der Waals surface area contributed by atoms with Gasteiger partial charge in [-0.25, -0.2) is 0 Å². The van der Waals surface area contributed by atoms with Crippen molar-refractivity contribution in [3.05, 3.63) is 66.1 Å². The Morgan fingerprint density at radius 3 is 2.50 bits per heavy atom. The monoisotopic (exact) mass is 473 g/mol. The third-order valence-electron chi connectivity index (χ3n) is 4.47. The molecule has 8 heteroatoms. The van der Waals surface area contributed by atoms with Gasteiger partial charge in [-0.3, -0.25) is 9.59 Å². The Kier molecular flexibility index (Phi) is 7.52. The number of carboxylic acid groups (broad SMARTS) is 1. The van der Waals surface area contributed by atoms with Crippen molar-refractivity contribution in [2.75, 3.05) is 12.3 Å². The molecule has 1 aliphatic heterocycles. The third-order valence-corrected chi connectivity index (χ3v) is 6.75. The molecule has 3 rings (SSSR count). The van der Waals surface area contributed by atoms with Gasteiger partial charge >= 0.3 is 37.7 Å². The van der Waals surface area contributed by atoms with E-state index in [-0.39, 0.29) is 78.6 Å². The van der Waals surface area contributed by atoms with Crippen molar-refractivity contribution in [2.45, 2.75) is 29.5 Å². The number of amides is 1. The molecule has 1 amide bonds. The molecule has 2 unspecified atom stereocenters. The fourth-order valence-corrected chi connectivity index (χ4v) is 4.94. The van der Waals surface area contributed by atoms with Crippen LogP contribution in [0.2, 0.25) is 0 Å². The van der Waals surface area contributed by atoms with E-state index in [0.29, 0.717) is 5.56 Å². The van der Waals surface area contributed by atoms with E-state index < -0.39 is 47.2 Å². The number of carbonyl (C=O) groups excluding carboxylic acids is 3. The normalized spacial score (nSPS) is 21.4. The predicted octanol–water partition coefficient (Wildman–Crippen LogP) is 2.33. The molecule has 152 valence electrons. The van der Waals surface area contributed by atoms with Crippen LogP contribution in [0.1, 0.15) is 30.6 Å². The minimum Gasteiger partial charge on any atom is -0.548 e. The Bertz CT molecular complexity index is 1100. The molecule has 0 saturated carbocycles. The summed E-state index contributed by atoms with van der Waals surface area (Å²) in [6.45, 7) is 1.64. The standard InChI is InChI=1S/C22H23NO4S2.Ca/c1-15(14-28-22(27)16-8-4-2-5-9-16)20(24)23-13-18(12-19(23)21(25)26)29-17-10-6-3-7-11-17;/h2-11,15,18-19H,12-14H2,1H3,(H,25,26);/q;+2/p-1/t15?,18?,19-;/m0./s1/i3D,6D,7D,10D,11D;. The topological polar surface area (TPSA) is 77.5 Å². The van der Waals surface area contributed by atoms with Gasteiger partial charge in [0.1, 0.15) is 0 Å². The van der Waals surface area contributed by atoms with Gasteiger partial charge in [0.05, 0.1) is 18.9 Å². The molecule has 0 aromatic heterocycles. The number of nitrogens with zero attached hydrogens (tertiary/aromatic N) is 1. The van der Waals surface area contributed by atoms with Crippen LogP contribution < -0.4 is 5.11 Å². The molecule has 3 atom stereocenters. The first-order valence-corrected chi connectivity index (χ1v) is 10.9. The summed E-state index contributed by atoms with van der Waals surface area (Å²) >= 11 is 1.95. The van der Waals surface area contributed by atoms with E-state index in [4.69, 9.17) is 6.85 Å². The van der Waals surface area contributed by atoms with Crippen LogP contribution in [0, 0.1) is 5.92 Å². The molecule has 2 aromatic carbocycles. The maximum Gasteiger partial charge on any atom is 2.00 e. The number of hydrogen-bond donors (Lipinski definition) is 0. The summed E-state index contributed by atoms with van der Waals surface area (Å²) in [5.41, 5.74) is 0.510. The summed E-state index contributed by atoms with van der Waals surface area (Å²) in [6, 6.07) is 5.24. The fourth-order valence-electron chi connectivity index (χ4n) is 3.03. The second kappa shape index (κ2) is 12.1. The van der Waals surface area contributed by atoms with E-state index in [2.05, 4.69) is 0 Å². The molecule has 1 fully saturated rings. The minimum absolute atomic E-state index is 0. The number of likely N-dealkylation sites (tertiary alicyclic amines) is 1. The van der Waals surface area contributed by atoms with Gasteiger partial charge < -0.3 is 14.8 Å². The molecule has 2 aromatic rings. The van der Waals surface area contributed by atoms with Crippen molar-refractivity contribution >= 4 is 78.3 Å². The first-order valence-electron chi connectivity index (χ1n) is 11.5. The Morgan fingerprint density at radius 2 is 1.87 bits per heavy atom. The molecular weight excluding hydrogens is 446 g/mol. The van der Waals surface area contributed by atoms with Crippen LogP contribution in [0.25, 0.3) is 0 Å². The quantitative estimate of drug-likeness (QED) is 0.575. The summed E-state index contributed by atoms with van der Waals surface area (Å²) in [5.74, 6) is -2.32. The summed E-state index contributed by atoms with van der Waals surface area (Å²) in [6.07, 6.45) is 0.0176. The van der Waals surface area contributed by atoms with E-state index in [0.717, 1.165) is 23.5 Å². The van der Waals surface area contributed by atoms with Gasteiger partial charge in [0.2, 0.25) is 11.0 Å². The van der Waals surface area contributed by atoms with Crippen molar-refractivity contribution < 1.29 is 26.3 Å². The zero-order valence-electron chi connectivity index (χ0n) is 21.3. The average Bonchev–Trinajstić information content (AvgIpc) is 3.26. The molecule has 0 N–H and O–H groups in total. The fraction of sp³-hybridized carbons (Fsp3) is 0.318. The van der Waals surface area contributed by atoms with Crippen LogP contribution >= 0.6 is 23.5 Å². The van der Waals surface area contributed by atoms with Crippen molar-refractivity contribution in [3.63, 3.8) is 0 Å². The van der Waals surface area contributed by atoms with Gasteiger partial charge in [-0.05, 0) is 18.5 Å². The van der Waals surface area contributed by atoms with E-state index in [1.807, 2.05) is 0 Å². The van der Waals surface area contributed by atoms with Gasteiger partial charge in [-0.15, -0.1) is 11.8 Å². The average molecular weight is 474 g/mol. The van der Waals surface area contributed by atoms with Crippen LogP contribution in [0.3, 0.4) is 0 Å². The second-order valence-electron chi connectivity index (χ2n) is 6.62. The smallest absolute Gasteiger partial charge is 0.548 e. The molecule has 1 aliphatic rings. The van der Waals surface area contributed by atoms with Crippen LogP contribution in [-0.2, 0) is 9.59 Å². The predicted molar refractivity (Wildman–Crippen MR) is 119 cm³/mol. The van der Waals surface area contributed by atoms with Gasteiger partial charge in [0.15, 0.2) is 0 Å². The van der Waals surface area contributed by atoms with Crippen molar-refractivity contribution in [1.29, 1.82) is 0 Å². The van der Waals surface area contributed by atoms with E-state index >= 15 is 0 Å². The molecule has 0 bridgehead atoms. The van der Waals surface area contributed by atoms with E-state index in [9.17, 15) is 19.5 Å². The zero-order valence-corrected chi connectivity index (χ0v) is 20.2. The molecule has 1 heterocycles. The van der Waals surface area contributed by atoms with E-state index in [1.54, 1.807) is 37.3 Å². The van der Waals surface area contributed by atoms with Gasteiger partial charge in [-0.2, -0.15) is 0 Å². The van der Waals surface area contributed by atoms with Gasteiger partial charge in [-0.1, -0.05) is 67.1 Å². The van der Waals surface area contributed by atoms with Crippen LogP contribution in [0.4, 0.5) is 0 Å². The second-order valence-corrected chi connectivity index (χ2v) is 8.92. The number of hydrogen-bond acceptors (Lipinski definition) is 6. The zero-order chi connectivity index (χ0) is 25.2. The maximum absolute atomic E-state index is 13.0. The molecule has 0 aliphatic carbocycles. The summed E-state index contributed by atoms with van der Waals surface area (Å²) in [5, 5.41) is 11.1. The summed E-state index contributed by atoms with van der Waals surface area (Å²) in [7, 11) is 0. The van der Waals surface area contributed by atoms with E-state index in [1.165, 1.54) is 4.90 Å². The van der Waals surface area contributed by atoms with Gasteiger partial charge in [0, 0.05) is 33.9 Å². The molecule has 1 saturated heterocycles. The molecule has 0 radical (unpaired) electrons. The number of carbonyl (C=O) groups is 3. The summed E-state index contributed by atoms with van der Waals surface area (Å²) < 4.78 is 39.4. The third kappa shape index (κ3) is 6.75. The molecule has 30 heavy (non-hydrogen) atoms. The Hall–Kier alpha value is -0.990. The molecular formula is C22H22CaNO4S2+. The molecule has 5 nitrogen and oxygen atoms in total. The number of benzene rings is 2.